The SMILES string of the molecule is COc1ccc(CCN2C(=O)[C@H](Oc3ccccc3)[C@H]2c2ccc(Cl)c(Cl)c2)cc1OC. The summed E-state index contributed by atoms with van der Waals surface area (Å²) >= 11 is 12.4. The maximum Gasteiger partial charge on any atom is 0.266 e. The van der Waals surface area contributed by atoms with Crippen molar-refractivity contribution in [1.82, 2.24) is 4.90 Å². The smallest absolute Gasteiger partial charge is 0.266 e. The molecule has 1 aliphatic heterocycles. The van der Waals surface area contributed by atoms with E-state index in [2.05, 4.69) is 0 Å². The topological polar surface area (TPSA) is 48.0 Å². The highest BCUT2D eigenvalue weighted by Crippen LogP contribution is 2.40. The molecule has 3 aromatic carbocycles. The molecule has 1 saturated heterocycles. The zero-order valence-corrected chi connectivity index (χ0v) is 19.3. The summed E-state index contributed by atoms with van der Waals surface area (Å²) < 4.78 is 16.7. The van der Waals surface area contributed by atoms with Gasteiger partial charge in [0.05, 0.1) is 24.3 Å². The van der Waals surface area contributed by atoms with Crippen LogP contribution in [0.2, 0.25) is 10.0 Å². The normalized spacial score (nSPS) is 17.6. The lowest BCUT2D eigenvalue weighted by atomic mass is 9.90. The number of para-hydroxylation sites is 1. The fraction of sp³-hybridized carbons (Fsp3) is 0.240. The Bertz CT molecular complexity index is 1110. The molecule has 0 bridgehead atoms. The van der Waals surface area contributed by atoms with E-state index in [1.165, 1.54) is 0 Å². The highest BCUT2D eigenvalue weighted by molar-refractivity contribution is 6.42. The second-order valence-electron chi connectivity index (χ2n) is 7.44. The molecule has 32 heavy (non-hydrogen) atoms. The molecule has 3 aromatic rings. The van der Waals surface area contributed by atoms with E-state index in [-0.39, 0.29) is 11.9 Å². The van der Waals surface area contributed by atoms with Crippen LogP contribution in [0.25, 0.3) is 0 Å². The molecule has 0 aromatic heterocycles. The molecular weight excluding hydrogens is 449 g/mol. The van der Waals surface area contributed by atoms with Gasteiger partial charge in [-0.15, -0.1) is 0 Å². The first-order chi connectivity index (χ1) is 15.5. The van der Waals surface area contributed by atoms with Gasteiger partial charge in [-0.25, -0.2) is 0 Å². The molecule has 1 heterocycles. The van der Waals surface area contributed by atoms with E-state index in [0.717, 1.165) is 11.1 Å². The van der Waals surface area contributed by atoms with Crippen LogP contribution in [0, 0.1) is 0 Å². The fourth-order valence-corrected chi connectivity index (χ4v) is 4.17. The van der Waals surface area contributed by atoms with Gasteiger partial charge < -0.3 is 19.1 Å². The number of carbonyl (C=O) groups is 1. The number of benzene rings is 3. The summed E-state index contributed by atoms with van der Waals surface area (Å²) in [5, 5.41) is 0.917. The predicted molar refractivity (Wildman–Crippen MR) is 125 cm³/mol. The van der Waals surface area contributed by atoms with Gasteiger partial charge in [-0.1, -0.05) is 53.5 Å². The number of hydrogen-bond acceptors (Lipinski definition) is 4. The number of carbonyl (C=O) groups excluding carboxylic acids is 1. The molecule has 166 valence electrons. The molecule has 0 radical (unpaired) electrons. The van der Waals surface area contributed by atoms with Crippen LogP contribution >= 0.6 is 23.2 Å². The molecule has 0 aliphatic carbocycles. The quantitative estimate of drug-likeness (QED) is 0.402. The van der Waals surface area contributed by atoms with Gasteiger partial charge in [0.2, 0.25) is 6.10 Å². The van der Waals surface area contributed by atoms with E-state index in [9.17, 15) is 4.79 Å². The number of nitrogens with zero attached hydrogens (tertiary/aromatic N) is 1. The summed E-state index contributed by atoms with van der Waals surface area (Å²) in [5.74, 6) is 1.91. The molecule has 0 N–H and O–H groups in total. The minimum Gasteiger partial charge on any atom is -0.493 e. The molecule has 1 amide bonds. The van der Waals surface area contributed by atoms with E-state index in [1.807, 2.05) is 59.5 Å². The Balaban J connectivity index is 1.56. The van der Waals surface area contributed by atoms with Crippen molar-refractivity contribution in [2.75, 3.05) is 20.8 Å². The Labute approximate surface area is 197 Å². The lowest BCUT2D eigenvalue weighted by Gasteiger charge is -2.47. The number of methoxy groups -OCH3 is 2. The molecule has 5 nitrogen and oxygen atoms in total. The van der Waals surface area contributed by atoms with Gasteiger partial charge in [0.15, 0.2) is 11.5 Å². The summed E-state index contributed by atoms with van der Waals surface area (Å²) in [4.78, 5) is 14.9. The molecule has 1 aliphatic rings. The van der Waals surface area contributed by atoms with Gasteiger partial charge in [0.25, 0.3) is 5.91 Å². The maximum absolute atomic E-state index is 13.0. The van der Waals surface area contributed by atoms with E-state index in [1.54, 1.807) is 26.4 Å². The van der Waals surface area contributed by atoms with E-state index < -0.39 is 6.10 Å². The standard InChI is InChI=1S/C25H23Cl2NO4/c1-30-21-11-8-16(14-22(21)31-2)12-13-28-23(17-9-10-19(26)20(27)15-17)24(25(28)29)32-18-6-4-3-5-7-18/h3-11,14-15,23-24H,12-13H2,1-2H3/t23-,24-/m1/s1. The van der Waals surface area contributed by atoms with Crippen molar-refractivity contribution in [3.8, 4) is 17.2 Å². The molecule has 0 saturated carbocycles. The second-order valence-corrected chi connectivity index (χ2v) is 8.26. The molecule has 0 unspecified atom stereocenters. The summed E-state index contributed by atoms with van der Waals surface area (Å²) in [6.07, 6.45) is 0.0298. The van der Waals surface area contributed by atoms with E-state index >= 15 is 0 Å². The Kier molecular flexibility index (Phi) is 6.77. The fourth-order valence-electron chi connectivity index (χ4n) is 3.86. The summed E-state index contributed by atoms with van der Waals surface area (Å²) in [7, 11) is 3.21. The van der Waals surface area contributed by atoms with Crippen molar-refractivity contribution in [3.63, 3.8) is 0 Å². The van der Waals surface area contributed by atoms with Crippen molar-refractivity contribution >= 4 is 29.1 Å². The number of halogens is 2. The minimum absolute atomic E-state index is 0.0644. The first-order valence-electron chi connectivity index (χ1n) is 10.2. The van der Waals surface area contributed by atoms with Gasteiger partial charge in [-0.3, -0.25) is 4.79 Å². The van der Waals surface area contributed by atoms with Crippen LogP contribution in [0.1, 0.15) is 17.2 Å². The number of rotatable bonds is 8. The van der Waals surface area contributed by atoms with Crippen LogP contribution in [-0.2, 0) is 11.2 Å². The average Bonchev–Trinajstić information content (AvgIpc) is 2.82. The van der Waals surface area contributed by atoms with Crippen molar-refractivity contribution in [3.05, 3.63) is 87.9 Å². The molecule has 1 fully saturated rings. The predicted octanol–water partition coefficient (Wildman–Crippen LogP) is 5.58. The molecule has 0 spiro atoms. The third-order valence-electron chi connectivity index (χ3n) is 5.53. The van der Waals surface area contributed by atoms with Crippen molar-refractivity contribution in [2.24, 2.45) is 0 Å². The maximum atomic E-state index is 13.0. The first kappa shape index (κ1) is 22.3. The van der Waals surface area contributed by atoms with Gasteiger partial charge in [-0.2, -0.15) is 0 Å². The highest BCUT2D eigenvalue weighted by Gasteiger charge is 2.49. The Hall–Kier alpha value is -2.89. The minimum atomic E-state index is -0.625. The summed E-state index contributed by atoms with van der Waals surface area (Å²) in [6, 6.07) is 20.3. The number of amides is 1. The largest absolute Gasteiger partial charge is 0.493 e. The van der Waals surface area contributed by atoms with Crippen LogP contribution in [0.15, 0.2) is 66.7 Å². The molecule has 2 atom stereocenters. The van der Waals surface area contributed by atoms with E-state index in [4.69, 9.17) is 37.4 Å². The second kappa shape index (κ2) is 9.72. The number of hydrogen-bond donors (Lipinski definition) is 0. The Morgan fingerprint density at radius 3 is 2.31 bits per heavy atom. The van der Waals surface area contributed by atoms with Crippen LogP contribution in [0.4, 0.5) is 0 Å². The first-order valence-corrected chi connectivity index (χ1v) is 11.0. The van der Waals surface area contributed by atoms with Crippen LogP contribution in [0.5, 0.6) is 17.2 Å². The zero-order valence-electron chi connectivity index (χ0n) is 17.8. The lowest BCUT2D eigenvalue weighted by Crippen LogP contribution is -2.61. The highest BCUT2D eigenvalue weighted by atomic mass is 35.5. The van der Waals surface area contributed by atoms with Crippen molar-refractivity contribution in [2.45, 2.75) is 18.6 Å². The van der Waals surface area contributed by atoms with Crippen LogP contribution in [0.3, 0.4) is 0 Å². The third kappa shape index (κ3) is 4.50. The van der Waals surface area contributed by atoms with Gasteiger partial charge in [0.1, 0.15) is 11.8 Å². The Morgan fingerprint density at radius 1 is 0.875 bits per heavy atom. The monoisotopic (exact) mass is 471 g/mol. The zero-order chi connectivity index (χ0) is 22.7. The number of ether oxygens (including phenoxy) is 3. The average molecular weight is 472 g/mol. The Morgan fingerprint density at radius 2 is 1.62 bits per heavy atom. The van der Waals surface area contributed by atoms with Gasteiger partial charge in [-0.05, 0) is 53.9 Å². The lowest BCUT2D eigenvalue weighted by molar-refractivity contribution is -0.164. The third-order valence-corrected chi connectivity index (χ3v) is 6.27. The molecule has 7 heteroatoms. The van der Waals surface area contributed by atoms with E-state index in [0.29, 0.717) is 40.3 Å². The molecule has 4 rings (SSSR count). The van der Waals surface area contributed by atoms with Crippen molar-refractivity contribution < 1.29 is 19.0 Å². The van der Waals surface area contributed by atoms with Gasteiger partial charge in [0, 0.05) is 6.54 Å². The van der Waals surface area contributed by atoms with Crippen LogP contribution < -0.4 is 14.2 Å². The van der Waals surface area contributed by atoms with Gasteiger partial charge >= 0.3 is 0 Å². The van der Waals surface area contributed by atoms with Crippen LogP contribution in [-0.4, -0.2) is 37.7 Å². The number of likely N-dealkylation sites (tertiary alicyclic amines) is 1. The van der Waals surface area contributed by atoms with Crippen molar-refractivity contribution in [1.29, 1.82) is 0 Å². The number of β-lactam (4-membered cyclic amide) rings is 1. The molecular formula is C25H23Cl2NO4. The summed E-state index contributed by atoms with van der Waals surface area (Å²) in [6.45, 7) is 0.522. The summed E-state index contributed by atoms with van der Waals surface area (Å²) in [5.41, 5.74) is 1.92.